The summed E-state index contributed by atoms with van der Waals surface area (Å²) in [6.45, 7) is 0. The molecule has 1 rings (SSSR count). The molecule has 4 heteroatoms. The molecule has 12 heavy (non-hydrogen) atoms. The Morgan fingerprint density at radius 1 is 1.33 bits per heavy atom. The first kappa shape index (κ1) is 9.32. The summed E-state index contributed by atoms with van der Waals surface area (Å²) in [6, 6.07) is 7.12. The average molecular weight is 182 g/mol. The van der Waals surface area contributed by atoms with E-state index < -0.39 is 7.12 Å². The number of benzene rings is 1. The molecule has 1 aromatic rings. The summed E-state index contributed by atoms with van der Waals surface area (Å²) >= 11 is 5.70. The van der Waals surface area contributed by atoms with E-state index >= 15 is 0 Å². The highest BCUT2D eigenvalue weighted by atomic mass is 35.5. The second-order valence-corrected chi connectivity index (χ2v) is 2.76. The quantitative estimate of drug-likeness (QED) is 0.678. The van der Waals surface area contributed by atoms with Gasteiger partial charge in [-0.2, -0.15) is 0 Å². The molecule has 0 unspecified atom stereocenters. The van der Waals surface area contributed by atoms with Gasteiger partial charge in [0.25, 0.3) is 0 Å². The molecule has 0 radical (unpaired) electrons. The SMILES string of the molecule is OB(O)C=Cc1cccc(Cl)c1. The van der Waals surface area contributed by atoms with Gasteiger partial charge in [0.2, 0.25) is 0 Å². The van der Waals surface area contributed by atoms with Crippen LogP contribution < -0.4 is 0 Å². The van der Waals surface area contributed by atoms with Gasteiger partial charge in [-0.15, -0.1) is 0 Å². The van der Waals surface area contributed by atoms with Crippen molar-refractivity contribution in [2.45, 2.75) is 0 Å². The van der Waals surface area contributed by atoms with Crippen LogP contribution in [0.2, 0.25) is 5.02 Å². The third kappa shape index (κ3) is 3.09. The van der Waals surface area contributed by atoms with Crippen LogP contribution in [0.25, 0.3) is 6.08 Å². The number of halogens is 1. The van der Waals surface area contributed by atoms with Crippen LogP contribution in [0.5, 0.6) is 0 Å². The highest BCUT2D eigenvalue weighted by Gasteiger charge is 1.97. The van der Waals surface area contributed by atoms with Crippen LogP contribution in [0.4, 0.5) is 0 Å². The summed E-state index contributed by atoms with van der Waals surface area (Å²) < 4.78 is 0. The van der Waals surface area contributed by atoms with Crippen molar-refractivity contribution in [1.29, 1.82) is 0 Å². The first-order chi connectivity index (χ1) is 5.68. The molecule has 0 fully saturated rings. The Hall–Kier alpha value is -0.765. The van der Waals surface area contributed by atoms with E-state index in [0.717, 1.165) is 5.56 Å². The molecule has 0 aliphatic carbocycles. The lowest BCUT2D eigenvalue weighted by molar-refractivity contribution is 0.424. The molecule has 0 aliphatic heterocycles. The Balaban J connectivity index is 2.76. The summed E-state index contributed by atoms with van der Waals surface area (Å²) in [5, 5.41) is 17.7. The van der Waals surface area contributed by atoms with Crippen LogP contribution in [0.15, 0.2) is 30.2 Å². The van der Waals surface area contributed by atoms with Gasteiger partial charge in [-0.25, -0.2) is 0 Å². The van der Waals surface area contributed by atoms with Crippen LogP contribution in [0.1, 0.15) is 5.56 Å². The normalized spacial score (nSPS) is 10.6. The maximum absolute atomic E-state index is 8.52. The Bertz CT molecular complexity index is 286. The Morgan fingerprint density at radius 3 is 2.67 bits per heavy atom. The predicted molar refractivity (Wildman–Crippen MR) is 50.7 cm³/mol. The smallest absolute Gasteiger partial charge is 0.424 e. The number of rotatable bonds is 2. The first-order valence-electron chi connectivity index (χ1n) is 3.48. The van der Waals surface area contributed by atoms with Gasteiger partial charge >= 0.3 is 7.12 Å². The van der Waals surface area contributed by atoms with E-state index in [1.54, 1.807) is 24.3 Å². The van der Waals surface area contributed by atoms with Crippen LogP contribution >= 0.6 is 11.6 Å². The van der Waals surface area contributed by atoms with E-state index in [4.69, 9.17) is 21.6 Å². The molecule has 0 bridgehead atoms. The van der Waals surface area contributed by atoms with Crippen LogP contribution in [0.3, 0.4) is 0 Å². The predicted octanol–water partition coefficient (Wildman–Crippen LogP) is 1.37. The molecular weight excluding hydrogens is 174 g/mol. The van der Waals surface area contributed by atoms with Crippen LogP contribution in [0, 0.1) is 0 Å². The second kappa shape index (κ2) is 4.31. The molecule has 0 heterocycles. The fraction of sp³-hybridized carbons (Fsp3) is 0. The van der Waals surface area contributed by atoms with Crippen LogP contribution in [-0.4, -0.2) is 17.2 Å². The lowest BCUT2D eigenvalue weighted by Gasteiger charge is -1.93. The molecule has 2 nitrogen and oxygen atoms in total. The van der Waals surface area contributed by atoms with E-state index in [-0.39, 0.29) is 0 Å². The molecule has 0 aliphatic rings. The molecule has 0 aromatic heterocycles. The van der Waals surface area contributed by atoms with Gasteiger partial charge in [0, 0.05) is 5.02 Å². The van der Waals surface area contributed by atoms with Gasteiger partial charge in [0.05, 0.1) is 0 Å². The van der Waals surface area contributed by atoms with Gasteiger partial charge in [-0.1, -0.05) is 35.8 Å². The fourth-order valence-corrected chi connectivity index (χ4v) is 1.01. The zero-order valence-electron chi connectivity index (χ0n) is 6.31. The minimum absolute atomic E-state index is 0.629. The van der Waals surface area contributed by atoms with Crippen molar-refractivity contribution in [3.63, 3.8) is 0 Å². The van der Waals surface area contributed by atoms with Crippen molar-refractivity contribution >= 4 is 24.8 Å². The third-order valence-electron chi connectivity index (χ3n) is 1.31. The maximum Gasteiger partial charge on any atom is 0.480 e. The lowest BCUT2D eigenvalue weighted by Crippen LogP contribution is -2.05. The molecule has 2 N–H and O–H groups in total. The summed E-state index contributed by atoms with van der Waals surface area (Å²) in [6.07, 6.45) is 1.59. The summed E-state index contributed by atoms with van der Waals surface area (Å²) in [4.78, 5) is 0. The number of hydrogen-bond acceptors (Lipinski definition) is 2. The van der Waals surface area contributed by atoms with Crippen molar-refractivity contribution in [1.82, 2.24) is 0 Å². The minimum Gasteiger partial charge on any atom is -0.424 e. The zero-order valence-corrected chi connectivity index (χ0v) is 7.07. The summed E-state index contributed by atoms with van der Waals surface area (Å²) in [7, 11) is -1.41. The molecule has 0 saturated carbocycles. The van der Waals surface area contributed by atoms with Crippen molar-refractivity contribution in [2.75, 3.05) is 0 Å². The van der Waals surface area contributed by atoms with Gasteiger partial charge in [-0.3, -0.25) is 0 Å². The lowest BCUT2D eigenvalue weighted by atomic mass is 9.91. The van der Waals surface area contributed by atoms with Crippen molar-refractivity contribution in [3.05, 3.63) is 40.8 Å². The van der Waals surface area contributed by atoms with E-state index in [9.17, 15) is 0 Å². The topological polar surface area (TPSA) is 40.5 Å². The Morgan fingerprint density at radius 2 is 2.08 bits per heavy atom. The van der Waals surface area contributed by atoms with Gasteiger partial charge in [-0.05, 0) is 17.7 Å². The molecular formula is C8H8BClO2. The molecule has 0 spiro atoms. The average Bonchev–Trinajstić information content (AvgIpc) is 2.01. The fourth-order valence-electron chi connectivity index (χ4n) is 0.807. The van der Waals surface area contributed by atoms with E-state index in [0.29, 0.717) is 5.02 Å². The third-order valence-corrected chi connectivity index (χ3v) is 1.54. The monoisotopic (exact) mass is 182 g/mol. The van der Waals surface area contributed by atoms with Gasteiger partial charge < -0.3 is 10.0 Å². The largest absolute Gasteiger partial charge is 0.480 e. The van der Waals surface area contributed by atoms with E-state index in [1.165, 1.54) is 5.98 Å². The minimum atomic E-state index is -1.41. The van der Waals surface area contributed by atoms with E-state index in [1.807, 2.05) is 6.07 Å². The molecule has 62 valence electrons. The molecule has 1 aromatic carbocycles. The Labute approximate surface area is 76.3 Å². The first-order valence-corrected chi connectivity index (χ1v) is 3.86. The zero-order chi connectivity index (χ0) is 8.97. The van der Waals surface area contributed by atoms with Gasteiger partial charge in [0.1, 0.15) is 0 Å². The summed E-state index contributed by atoms with van der Waals surface area (Å²) in [5.74, 6) is 1.27. The molecule has 0 atom stereocenters. The molecule has 0 amide bonds. The van der Waals surface area contributed by atoms with Gasteiger partial charge in [0.15, 0.2) is 0 Å². The standard InChI is InChI=1S/C8H8BClO2/c10-8-3-1-2-7(6-8)4-5-9(11)12/h1-6,11-12H. The van der Waals surface area contributed by atoms with Crippen molar-refractivity contribution < 1.29 is 10.0 Å². The number of hydrogen-bond donors (Lipinski definition) is 2. The van der Waals surface area contributed by atoms with Crippen LogP contribution in [-0.2, 0) is 0 Å². The maximum atomic E-state index is 8.52. The van der Waals surface area contributed by atoms with Crippen molar-refractivity contribution in [3.8, 4) is 0 Å². The summed E-state index contributed by atoms with van der Waals surface area (Å²) in [5.41, 5.74) is 0.843. The highest BCUT2D eigenvalue weighted by Crippen LogP contribution is 2.11. The van der Waals surface area contributed by atoms with Crippen molar-refractivity contribution in [2.24, 2.45) is 0 Å². The second-order valence-electron chi connectivity index (χ2n) is 2.33. The Kier molecular flexibility index (Phi) is 3.35. The highest BCUT2D eigenvalue weighted by molar-refractivity contribution is 6.48. The molecule has 0 saturated heterocycles. The van der Waals surface area contributed by atoms with E-state index in [2.05, 4.69) is 0 Å².